The molecule has 2 aromatic rings. The Labute approximate surface area is 151 Å². The predicted octanol–water partition coefficient (Wildman–Crippen LogP) is 4.12. The maximum absolute atomic E-state index is 14.8. The van der Waals surface area contributed by atoms with E-state index < -0.39 is 5.82 Å². The maximum atomic E-state index is 14.8. The highest BCUT2D eigenvalue weighted by atomic mass is 19.1. The number of anilines is 1. The Morgan fingerprint density at radius 3 is 2.69 bits per heavy atom. The third-order valence-electron chi connectivity index (χ3n) is 4.59. The van der Waals surface area contributed by atoms with Crippen molar-refractivity contribution in [1.82, 2.24) is 9.55 Å². The van der Waals surface area contributed by atoms with Crippen molar-refractivity contribution in [3.05, 3.63) is 65.7 Å². The number of benzene rings is 1. The third kappa shape index (κ3) is 2.77. The summed E-state index contributed by atoms with van der Waals surface area (Å²) < 4.78 is 16.1. The molecule has 134 valence electrons. The van der Waals surface area contributed by atoms with Crippen LogP contribution >= 0.6 is 0 Å². The zero-order chi connectivity index (χ0) is 19.0. The molecule has 1 aromatic heterocycles. The first kappa shape index (κ1) is 17.8. The number of nitrogens with zero attached hydrogens (tertiary/aromatic N) is 3. The lowest BCUT2D eigenvalue weighted by atomic mass is 9.96. The number of allylic oxidation sites excluding steroid dienone is 3. The Hall–Kier alpha value is -3.02. The largest absolute Gasteiger partial charge is 0.325 e. The van der Waals surface area contributed by atoms with Gasteiger partial charge in [0, 0.05) is 12.2 Å². The summed E-state index contributed by atoms with van der Waals surface area (Å²) in [6, 6.07) is 4.67. The molecule has 0 bridgehead atoms. The predicted molar refractivity (Wildman–Crippen MR) is 103 cm³/mol. The highest BCUT2D eigenvalue weighted by Crippen LogP contribution is 2.34. The fourth-order valence-corrected chi connectivity index (χ4v) is 3.49. The smallest absolute Gasteiger partial charge is 0.230 e. The fraction of sp³-hybridized carbons (Fsp3) is 0.250. The van der Waals surface area contributed by atoms with Crippen LogP contribution in [0.25, 0.3) is 10.9 Å². The van der Waals surface area contributed by atoms with Gasteiger partial charge in [0.15, 0.2) is 0 Å². The molecule has 0 atom stereocenters. The van der Waals surface area contributed by atoms with Gasteiger partial charge < -0.3 is 4.90 Å². The van der Waals surface area contributed by atoms with Gasteiger partial charge >= 0.3 is 0 Å². The van der Waals surface area contributed by atoms with E-state index in [9.17, 15) is 4.39 Å². The molecule has 5 nitrogen and oxygen atoms in total. The standard InChI is InChI=1S/C20H22FN5/c1-5-16-14(12(2)3)8-7-11-25(16)19-18-15(21)9-6-10-17(18)26(13(4)22)20(23)24-19/h5-6,9-10,22-23H,1-2,7-8,11H2,3-4H3. The van der Waals surface area contributed by atoms with Gasteiger partial charge in [0.2, 0.25) is 5.62 Å². The van der Waals surface area contributed by atoms with Gasteiger partial charge in [0.1, 0.15) is 17.5 Å². The Morgan fingerprint density at radius 2 is 2.08 bits per heavy atom. The molecule has 0 saturated heterocycles. The fourth-order valence-electron chi connectivity index (χ4n) is 3.49. The van der Waals surface area contributed by atoms with Crippen molar-refractivity contribution in [2.45, 2.75) is 26.7 Å². The summed E-state index contributed by atoms with van der Waals surface area (Å²) in [4.78, 5) is 6.27. The summed E-state index contributed by atoms with van der Waals surface area (Å²) in [5.74, 6) is 0.0743. The van der Waals surface area contributed by atoms with E-state index in [0.717, 1.165) is 29.7 Å². The highest BCUT2D eigenvalue weighted by Gasteiger charge is 2.25. The number of nitrogens with one attached hydrogen (secondary N) is 2. The SMILES string of the molecule is C=CC1=C(C(=C)C)CCCN1c1nc(=N)n(C(C)=N)c2cccc(F)c12. The van der Waals surface area contributed by atoms with Crippen LogP contribution in [0.1, 0.15) is 26.7 Å². The number of aromatic nitrogens is 2. The maximum Gasteiger partial charge on any atom is 0.230 e. The monoisotopic (exact) mass is 351 g/mol. The lowest BCUT2D eigenvalue weighted by molar-refractivity contribution is 0.637. The first-order valence-electron chi connectivity index (χ1n) is 8.47. The molecule has 6 heteroatoms. The molecule has 0 aliphatic carbocycles. The molecule has 1 aromatic carbocycles. The van der Waals surface area contributed by atoms with Crippen LogP contribution in [-0.4, -0.2) is 21.9 Å². The zero-order valence-electron chi connectivity index (χ0n) is 15.1. The van der Waals surface area contributed by atoms with Gasteiger partial charge in [-0.3, -0.25) is 15.4 Å². The molecule has 0 unspecified atom stereocenters. The van der Waals surface area contributed by atoms with Crippen molar-refractivity contribution in [1.29, 1.82) is 10.8 Å². The average Bonchev–Trinajstić information content (AvgIpc) is 2.59. The van der Waals surface area contributed by atoms with Crippen LogP contribution < -0.4 is 10.5 Å². The van der Waals surface area contributed by atoms with Crippen LogP contribution in [0.5, 0.6) is 0 Å². The summed E-state index contributed by atoms with van der Waals surface area (Å²) in [7, 11) is 0. The summed E-state index contributed by atoms with van der Waals surface area (Å²) in [5.41, 5.74) is 3.23. The van der Waals surface area contributed by atoms with Gasteiger partial charge in [-0.25, -0.2) is 4.39 Å². The van der Waals surface area contributed by atoms with Crippen LogP contribution in [0.2, 0.25) is 0 Å². The van der Waals surface area contributed by atoms with E-state index in [1.807, 2.05) is 11.8 Å². The van der Waals surface area contributed by atoms with E-state index in [1.165, 1.54) is 10.6 Å². The molecule has 0 fully saturated rings. The molecule has 3 rings (SSSR count). The molecule has 26 heavy (non-hydrogen) atoms. The molecule has 0 radical (unpaired) electrons. The summed E-state index contributed by atoms with van der Waals surface area (Å²) in [6.07, 6.45) is 3.50. The van der Waals surface area contributed by atoms with E-state index in [1.54, 1.807) is 25.1 Å². The first-order chi connectivity index (χ1) is 12.4. The Kier molecular flexibility index (Phi) is 4.59. The van der Waals surface area contributed by atoms with Crippen molar-refractivity contribution >= 4 is 22.6 Å². The van der Waals surface area contributed by atoms with E-state index in [4.69, 9.17) is 10.8 Å². The second-order valence-corrected chi connectivity index (χ2v) is 6.42. The molecule has 2 N–H and O–H groups in total. The number of halogens is 1. The minimum Gasteiger partial charge on any atom is -0.325 e. The van der Waals surface area contributed by atoms with E-state index >= 15 is 0 Å². The quantitative estimate of drug-likeness (QED) is 0.645. The van der Waals surface area contributed by atoms with Gasteiger partial charge in [-0.2, -0.15) is 4.98 Å². The second-order valence-electron chi connectivity index (χ2n) is 6.42. The lowest BCUT2D eigenvalue weighted by Gasteiger charge is -2.33. The third-order valence-corrected chi connectivity index (χ3v) is 4.59. The van der Waals surface area contributed by atoms with Crippen LogP contribution in [0.15, 0.2) is 54.3 Å². The first-order valence-corrected chi connectivity index (χ1v) is 8.47. The van der Waals surface area contributed by atoms with Crippen LogP contribution in [0, 0.1) is 16.6 Å². The minimum absolute atomic E-state index is 0.100. The number of hydrogen-bond donors (Lipinski definition) is 2. The Bertz CT molecular complexity index is 1030. The minimum atomic E-state index is -0.425. The Morgan fingerprint density at radius 1 is 1.35 bits per heavy atom. The van der Waals surface area contributed by atoms with Crippen molar-refractivity contribution in [2.75, 3.05) is 11.4 Å². The molecule has 1 aliphatic heterocycles. The van der Waals surface area contributed by atoms with E-state index in [-0.39, 0.29) is 11.5 Å². The molecule has 0 amide bonds. The topological polar surface area (TPSA) is 68.8 Å². The van der Waals surface area contributed by atoms with Crippen molar-refractivity contribution < 1.29 is 4.39 Å². The molecule has 0 saturated carbocycles. The van der Waals surface area contributed by atoms with Gasteiger partial charge in [-0.15, -0.1) is 0 Å². The van der Waals surface area contributed by atoms with Gasteiger partial charge in [-0.05, 0) is 50.5 Å². The number of rotatable bonds is 3. The van der Waals surface area contributed by atoms with Gasteiger partial charge in [0.05, 0.1) is 10.9 Å². The summed E-state index contributed by atoms with van der Waals surface area (Å²) in [6.45, 7) is 12.1. The summed E-state index contributed by atoms with van der Waals surface area (Å²) in [5, 5.41) is 16.5. The van der Waals surface area contributed by atoms with Crippen LogP contribution in [0.3, 0.4) is 0 Å². The van der Waals surface area contributed by atoms with E-state index in [0.29, 0.717) is 23.3 Å². The highest BCUT2D eigenvalue weighted by molar-refractivity contribution is 5.97. The molecule has 0 spiro atoms. The Balaban J connectivity index is 2.40. The average molecular weight is 351 g/mol. The molecular weight excluding hydrogens is 329 g/mol. The molecule has 1 aliphatic rings. The van der Waals surface area contributed by atoms with Crippen molar-refractivity contribution in [3.63, 3.8) is 0 Å². The zero-order valence-corrected chi connectivity index (χ0v) is 15.1. The normalized spacial score (nSPS) is 14.7. The van der Waals surface area contributed by atoms with Crippen molar-refractivity contribution in [3.8, 4) is 0 Å². The lowest BCUT2D eigenvalue weighted by Crippen LogP contribution is -2.34. The van der Waals surface area contributed by atoms with E-state index in [2.05, 4.69) is 18.1 Å². The summed E-state index contributed by atoms with van der Waals surface area (Å²) >= 11 is 0. The van der Waals surface area contributed by atoms with Crippen molar-refractivity contribution in [2.24, 2.45) is 0 Å². The van der Waals surface area contributed by atoms with Gasteiger partial charge in [-0.1, -0.05) is 24.8 Å². The van der Waals surface area contributed by atoms with Gasteiger partial charge in [0.25, 0.3) is 0 Å². The van der Waals surface area contributed by atoms with Crippen LogP contribution in [-0.2, 0) is 0 Å². The number of hydrogen-bond acceptors (Lipinski definition) is 4. The molecular formula is C20H22FN5. The van der Waals surface area contributed by atoms with Crippen LogP contribution in [0.4, 0.5) is 10.2 Å². The number of fused-ring (bicyclic) bond motifs is 1. The second kappa shape index (κ2) is 6.71. The molecule has 2 heterocycles.